The molecule has 9 heteroatoms. The van der Waals surface area contributed by atoms with E-state index in [0.29, 0.717) is 0 Å². The first-order valence-corrected chi connectivity index (χ1v) is 12.8. The molecule has 0 saturated heterocycles. The van der Waals surface area contributed by atoms with Crippen LogP contribution in [-0.4, -0.2) is 47.7 Å². The highest BCUT2D eigenvalue weighted by molar-refractivity contribution is 7.74. The molecule has 34 heavy (non-hydrogen) atoms. The maximum absolute atomic E-state index is 11.3. The molecular formula is C25H27NO6S2-2. The van der Waals surface area contributed by atoms with E-state index in [-0.39, 0.29) is 13.1 Å². The monoisotopic (exact) mass is 501 g/mol. The Morgan fingerprint density at radius 1 is 0.676 bits per heavy atom. The fraction of sp³-hybridized carbons (Fsp3) is 0.280. The third kappa shape index (κ3) is 6.45. The number of rotatable bonds is 12. The second-order valence-corrected chi connectivity index (χ2v) is 9.14. The van der Waals surface area contributed by atoms with Crippen molar-refractivity contribution in [3.8, 4) is 0 Å². The van der Waals surface area contributed by atoms with Crippen molar-refractivity contribution in [1.29, 1.82) is 0 Å². The molecule has 0 bridgehead atoms. The Morgan fingerprint density at radius 3 is 1.24 bits per heavy atom. The smallest absolute Gasteiger partial charge is 0.0974 e. The van der Waals surface area contributed by atoms with Crippen molar-refractivity contribution < 1.29 is 25.9 Å². The van der Waals surface area contributed by atoms with Crippen molar-refractivity contribution in [3.05, 3.63) is 108 Å². The van der Waals surface area contributed by atoms with E-state index in [9.17, 15) is 17.5 Å². The van der Waals surface area contributed by atoms with Crippen molar-refractivity contribution in [3.63, 3.8) is 0 Å². The van der Waals surface area contributed by atoms with Gasteiger partial charge in [-0.2, -0.15) is 0 Å². The van der Waals surface area contributed by atoms with Crippen LogP contribution in [-0.2, 0) is 36.6 Å². The zero-order chi connectivity index (χ0) is 24.6. The van der Waals surface area contributed by atoms with Crippen LogP contribution in [0.25, 0.3) is 0 Å². The van der Waals surface area contributed by atoms with E-state index in [1.54, 1.807) is 13.8 Å². The molecule has 0 fully saturated rings. The standard InChI is InChI=1S/C25H29NO6S2/c1-20(31-33(27)28)18-26(19-21(2)32-34(29)30)25(22-12-6-3-7-13-22,23-14-8-4-9-15-23)24-16-10-5-11-17-24/h3-17,20-21H,18-19H2,1-2H3,(H,27,28)(H,29,30)/p-2. The minimum Gasteiger partial charge on any atom is -0.750 e. The van der Waals surface area contributed by atoms with Crippen molar-refractivity contribution in [2.75, 3.05) is 13.1 Å². The second kappa shape index (κ2) is 12.5. The number of hydrogen-bond acceptors (Lipinski definition) is 7. The van der Waals surface area contributed by atoms with Crippen LogP contribution in [0.4, 0.5) is 0 Å². The summed E-state index contributed by atoms with van der Waals surface area (Å²) >= 11 is -5.40. The van der Waals surface area contributed by atoms with Crippen LogP contribution >= 0.6 is 0 Å². The summed E-state index contributed by atoms with van der Waals surface area (Å²) in [6, 6.07) is 29.4. The molecule has 0 saturated carbocycles. The van der Waals surface area contributed by atoms with Gasteiger partial charge in [0.15, 0.2) is 0 Å². The van der Waals surface area contributed by atoms with Crippen LogP contribution in [0.5, 0.6) is 0 Å². The zero-order valence-electron chi connectivity index (χ0n) is 18.9. The number of hydrogen-bond donors (Lipinski definition) is 0. The molecule has 7 nitrogen and oxygen atoms in total. The lowest BCUT2D eigenvalue weighted by Crippen LogP contribution is -2.53. The SMILES string of the molecule is CC(CN(CC(C)OS(=O)[O-])C(c1ccccc1)(c1ccccc1)c1ccccc1)OS(=O)[O-]. The first kappa shape index (κ1) is 26.4. The average Bonchev–Trinajstić information content (AvgIpc) is 2.80. The van der Waals surface area contributed by atoms with Crippen LogP contribution < -0.4 is 0 Å². The van der Waals surface area contributed by atoms with Gasteiger partial charge in [0.05, 0.1) is 40.5 Å². The van der Waals surface area contributed by atoms with Crippen molar-refractivity contribution >= 4 is 22.7 Å². The topological polar surface area (TPSA) is 102 Å². The fourth-order valence-corrected chi connectivity index (χ4v) is 5.04. The van der Waals surface area contributed by atoms with Gasteiger partial charge in [-0.15, -0.1) is 0 Å². The summed E-state index contributed by atoms with van der Waals surface area (Å²) in [5.74, 6) is 0. The molecule has 0 spiro atoms. The Labute approximate surface area is 205 Å². The summed E-state index contributed by atoms with van der Waals surface area (Å²) in [7, 11) is 0. The van der Waals surface area contributed by atoms with Crippen LogP contribution in [0, 0.1) is 0 Å². The van der Waals surface area contributed by atoms with E-state index in [1.807, 2.05) is 95.9 Å². The van der Waals surface area contributed by atoms with E-state index >= 15 is 0 Å². The third-order valence-electron chi connectivity index (χ3n) is 5.49. The van der Waals surface area contributed by atoms with E-state index in [0.717, 1.165) is 16.7 Å². The second-order valence-electron chi connectivity index (χ2n) is 7.94. The van der Waals surface area contributed by atoms with Gasteiger partial charge >= 0.3 is 0 Å². The van der Waals surface area contributed by atoms with Crippen molar-refractivity contribution in [2.45, 2.75) is 31.6 Å². The van der Waals surface area contributed by atoms with Gasteiger partial charge < -0.3 is 9.11 Å². The molecule has 0 aliphatic rings. The minimum atomic E-state index is -2.70. The van der Waals surface area contributed by atoms with E-state index < -0.39 is 40.5 Å². The largest absolute Gasteiger partial charge is 0.750 e. The Kier molecular flexibility index (Phi) is 9.66. The normalized spacial score (nSPS) is 15.6. The molecule has 0 heterocycles. The molecule has 4 atom stereocenters. The highest BCUT2D eigenvalue weighted by Crippen LogP contribution is 2.42. The van der Waals surface area contributed by atoms with Gasteiger partial charge in [0.25, 0.3) is 0 Å². The molecular weight excluding hydrogens is 474 g/mol. The van der Waals surface area contributed by atoms with Crippen LogP contribution in [0.3, 0.4) is 0 Å². The summed E-state index contributed by atoms with van der Waals surface area (Å²) in [6.07, 6.45) is -1.42. The predicted octanol–water partition coefficient (Wildman–Crippen LogP) is 3.68. The molecule has 3 aromatic carbocycles. The van der Waals surface area contributed by atoms with Crippen LogP contribution in [0.15, 0.2) is 91.0 Å². The van der Waals surface area contributed by atoms with Gasteiger partial charge in [-0.1, -0.05) is 91.0 Å². The van der Waals surface area contributed by atoms with Crippen molar-refractivity contribution in [1.82, 2.24) is 4.90 Å². The van der Waals surface area contributed by atoms with Crippen LogP contribution in [0.2, 0.25) is 0 Å². The maximum atomic E-state index is 11.3. The lowest BCUT2D eigenvalue weighted by Gasteiger charge is -2.47. The first-order chi connectivity index (χ1) is 16.3. The molecule has 0 amide bonds. The third-order valence-corrected chi connectivity index (χ3v) is 6.46. The number of benzene rings is 3. The first-order valence-electron chi connectivity index (χ1n) is 10.8. The molecule has 0 aliphatic carbocycles. The Bertz CT molecular complexity index is 948. The predicted molar refractivity (Wildman–Crippen MR) is 130 cm³/mol. The molecule has 4 unspecified atom stereocenters. The van der Waals surface area contributed by atoms with Gasteiger partial charge in [-0.25, -0.2) is 8.42 Å². The van der Waals surface area contributed by atoms with E-state index in [4.69, 9.17) is 8.37 Å². The molecule has 182 valence electrons. The molecule has 3 aromatic rings. The van der Waals surface area contributed by atoms with Gasteiger partial charge in [0, 0.05) is 13.1 Å². The highest BCUT2D eigenvalue weighted by Gasteiger charge is 2.43. The summed E-state index contributed by atoms with van der Waals surface area (Å²) in [5, 5.41) is 0. The Balaban J connectivity index is 2.28. The maximum Gasteiger partial charge on any atom is 0.0974 e. The van der Waals surface area contributed by atoms with E-state index in [1.165, 1.54) is 0 Å². The van der Waals surface area contributed by atoms with Gasteiger partial charge in [-0.3, -0.25) is 13.3 Å². The molecule has 0 aliphatic heterocycles. The summed E-state index contributed by atoms with van der Waals surface area (Å²) in [6.45, 7) is 3.66. The van der Waals surface area contributed by atoms with Gasteiger partial charge in [0.1, 0.15) is 0 Å². The zero-order valence-corrected chi connectivity index (χ0v) is 20.6. The molecule has 0 N–H and O–H groups in total. The van der Waals surface area contributed by atoms with Crippen molar-refractivity contribution in [2.24, 2.45) is 0 Å². The Hall–Kier alpha value is -2.24. The van der Waals surface area contributed by atoms with Crippen LogP contribution in [0.1, 0.15) is 30.5 Å². The quantitative estimate of drug-likeness (QED) is 0.276. The van der Waals surface area contributed by atoms with Gasteiger partial charge in [0.2, 0.25) is 0 Å². The molecule has 0 radical (unpaired) electrons. The van der Waals surface area contributed by atoms with E-state index in [2.05, 4.69) is 0 Å². The number of nitrogens with zero attached hydrogens (tertiary/aromatic N) is 1. The van der Waals surface area contributed by atoms with Gasteiger partial charge in [-0.05, 0) is 30.5 Å². The minimum absolute atomic E-state index is 0.172. The summed E-state index contributed by atoms with van der Waals surface area (Å²) in [5.41, 5.74) is 1.89. The lowest BCUT2D eigenvalue weighted by molar-refractivity contribution is 0.0561. The Morgan fingerprint density at radius 2 is 0.971 bits per heavy atom. The summed E-state index contributed by atoms with van der Waals surface area (Å²) in [4.78, 5) is 2.02. The highest BCUT2D eigenvalue weighted by atomic mass is 32.2. The lowest BCUT2D eigenvalue weighted by atomic mass is 9.75. The fourth-order valence-electron chi connectivity index (χ4n) is 4.38. The average molecular weight is 502 g/mol. The molecule has 0 aromatic heterocycles. The summed E-state index contributed by atoms with van der Waals surface area (Å²) < 4.78 is 55.2. The molecule has 3 rings (SSSR count).